The number of hydrogen-bond donors (Lipinski definition) is 0. The van der Waals surface area contributed by atoms with Crippen LogP contribution in [-0.4, -0.2) is 89.1 Å². The smallest absolute Gasteiger partial charge is 0.319 e. The molecule has 0 N–H and O–H groups in total. The Hall–Kier alpha value is -4.33. The quantitative estimate of drug-likeness (QED) is 0.195. The summed E-state index contributed by atoms with van der Waals surface area (Å²) in [5.41, 5.74) is 3.80. The largest absolute Gasteiger partial charge is 0.462 e. The first-order chi connectivity index (χ1) is 21.2. The number of pyridine rings is 1. The van der Waals surface area contributed by atoms with Gasteiger partial charge in [-0.15, -0.1) is 0 Å². The van der Waals surface area contributed by atoms with Gasteiger partial charge >= 0.3 is 6.01 Å². The molecule has 0 spiro atoms. The number of anilines is 1. The minimum absolute atomic E-state index is 0.0222. The Morgan fingerprint density at radius 1 is 1.14 bits per heavy atom. The predicted octanol–water partition coefficient (Wildman–Crippen LogP) is 5.70. The van der Waals surface area contributed by atoms with E-state index in [2.05, 4.69) is 23.4 Å². The molecule has 1 amide bonds. The van der Waals surface area contributed by atoms with E-state index in [9.17, 15) is 9.18 Å². The summed E-state index contributed by atoms with van der Waals surface area (Å²) >= 11 is 6.69. The lowest BCUT2D eigenvalue weighted by atomic mass is 9.97. The monoisotopic (exact) mass is 613 g/mol. The number of piperazine rings is 1. The molecule has 2 aliphatic heterocycles. The number of aryl methyl sites for hydroxylation is 1. The second kappa shape index (κ2) is 12.3. The number of fused-ring (bicyclic) bond motifs is 2. The van der Waals surface area contributed by atoms with Crippen LogP contribution in [0.3, 0.4) is 0 Å². The summed E-state index contributed by atoms with van der Waals surface area (Å²) in [4.78, 5) is 36.4. The van der Waals surface area contributed by atoms with E-state index >= 15 is 0 Å². The van der Waals surface area contributed by atoms with Crippen molar-refractivity contribution in [1.29, 1.82) is 0 Å². The summed E-state index contributed by atoms with van der Waals surface area (Å²) in [6.07, 6.45) is 2.16. The zero-order chi connectivity index (χ0) is 31.0. The van der Waals surface area contributed by atoms with Gasteiger partial charge < -0.3 is 24.3 Å². The topological polar surface area (TPSA) is 79.1 Å². The Bertz CT molecular complexity index is 1800. The summed E-state index contributed by atoms with van der Waals surface area (Å²) in [5.74, 6) is -1.27. The van der Waals surface area contributed by atoms with Gasteiger partial charge in [0.2, 0.25) is 6.54 Å². The number of halogens is 2. The highest BCUT2D eigenvalue weighted by atomic mass is 35.5. The van der Waals surface area contributed by atoms with Crippen LogP contribution in [-0.2, 0) is 4.79 Å². The fourth-order valence-corrected chi connectivity index (χ4v) is 6.57. The van der Waals surface area contributed by atoms with E-state index in [1.165, 1.54) is 4.90 Å². The Morgan fingerprint density at radius 3 is 2.66 bits per heavy atom. The molecule has 0 radical (unpaired) electrons. The van der Waals surface area contributed by atoms with Crippen molar-refractivity contribution < 1.29 is 13.9 Å². The number of nitrogens with zero attached hydrogens (tertiary/aromatic N) is 7. The van der Waals surface area contributed by atoms with E-state index in [-0.39, 0.29) is 31.7 Å². The van der Waals surface area contributed by atoms with Gasteiger partial charge in [-0.2, -0.15) is 9.97 Å². The number of aromatic nitrogens is 3. The summed E-state index contributed by atoms with van der Waals surface area (Å²) in [5, 5.41) is 2.62. The van der Waals surface area contributed by atoms with E-state index in [1.54, 1.807) is 0 Å². The fraction of sp³-hybridized carbons (Fsp3) is 0.364. The maximum Gasteiger partial charge on any atom is 0.319 e. The second-order valence-electron chi connectivity index (χ2n) is 11.4. The average Bonchev–Trinajstić information content (AvgIpc) is 3.43. The first kappa shape index (κ1) is 29.7. The molecule has 2 fully saturated rings. The zero-order valence-corrected chi connectivity index (χ0v) is 25.5. The van der Waals surface area contributed by atoms with E-state index < -0.39 is 17.8 Å². The first-order valence-electron chi connectivity index (χ1n) is 14.7. The molecule has 0 aliphatic carbocycles. The van der Waals surface area contributed by atoms with Gasteiger partial charge in [-0.1, -0.05) is 48.5 Å². The van der Waals surface area contributed by atoms with Gasteiger partial charge in [0.25, 0.3) is 5.91 Å². The van der Waals surface area contributed by atoms with Crippen LogP contribution in [0.2, 0.25) is 5.02 Å². The van der Waals surface area contributed by atoms with Crippen LogP contribution < -0.4 is 9.64 Å². The third kappa shape index (κ3) is 5.65. The molecular weight excluding hydrogens is 581 g/mol. The van der Waals surface area contributed by atoms with Crippen molar-refractivity contribution in [2.45, 2.75) is 31.8 Å². The molecule has 0 bridgehead atoms. The molecule has 9 nitrogen and oxygen atoms in total. The number of carbonyl (C=O) groups is 1. The van der Waals surface area contributed by atoms with Crippen molar-refractivity contribution in [2.75, 3.05) is 51.3 Å². The van der Waals surface area contributed by atoms with Crippen molar-refractivity contribution in [2.24, 2.45) is 0 Å². The third-order valence-electron chi connectivity index (χ3n) is 8.62. The van der Waals surface area contributed by atoms with Crippen LogP contribution in [0.15, 0.2) is 54.9 Å². The number of carbonyl (C=O) groups excluding carboxylic acids is 1. The standard InChI is InChI=1S/C33H33ClFN7O2/c1-20(35)32(43)42-15-14-41(18-24(42)17-36-3)31-30-28(38-33(39-31)44-19-23-10-7-13-40(23)4)16-26(21(2)37-30)25-11-5-8-22-9-6-12-27(34)29(22)25/h5-6,8-9,11-12,16,23-24H,1,7,10,13-15,17-19H2,2,4H3/t23-,24-/m0/s1. The van der Waals surface area contributed by atoms with E-state index in [0.717, 1.165) is 47.0 Å². The first-order valence-corrected chi connectivity index (χ1v) is 15.1. The van der Waals surface area contributed by atoms with Gasteiger partial charge in [0, 0.05) is 47.3 Å². The third-order valence-corrected chi connectivity index (χ3v) is 8.93. The van der Waals surface area contributed by atoms with Crippen molar-refractivity contribution in [1.82, 2.24) is 24.8 Å². The Labute approximate surface area is 260 Å². The lowest BCUT2D eigenvalue weighted by molar-refractivity contribution is -0.131. The van der Waals surface area contributed by atoms with Crippen molar-refractivity contribution in [3.63, 3.8) is 0 Å². The number of hydrogen-bond acceptors (Lipinski definition) is 7. The minimum Gasteiger partial charge on any atom is -0.462 e. The molecule has 44 heavy (non-hydrogen) atoms. The molecule has 0 saturated carbocycles. The molecule has 6 rings (SSSR count). The van der Waals surface area contributed by atoms with Crippen LogP contribution in [0.1, 0.15) is 18.5 Å². The van der Waals surface area contributed by atoms with Crippen LogP contribution >= 0.6 is 11.6 Å². The van der Waals surface area contributed by atoms with Gasteiger partial charge in [-0.05, 0) is 56.4 Å². The summed E-state index contributed by atoms with van der Waals surface area (Å²) in [6.45, 7) is 14.9. The van der Waals surface area contributed by atoms with Crippen molar-refractivity contribution >= 4 is 45.1 Å². The molecule has 4 heterocycles. The lowest BCUT2D eigenvalue weighted by Gasteiger charge is -2.39. The number of amides is 1. The molecule has 2 aromatic carbocycles. The maximum absolute atomic E-state index is 13.8. The number of likely N-dealkylation sites (N-methyl/N-ethyl adjacent to an activating group) is 1. The summed E-state index contributed by atoms with van der Waals surface area (Å²) in [6, 6.07) is 13.9. The zero-order valence-electron chi connectivity index (χ0n) is 24.8. The molecule has 11 heteroatoms. The number of benzene rings is 2. The molecule has 2 atom stereocenters. The highest BCUT2D eigenvalue weighted by Gasteiger charge is 2.35. The Balaban J connectivity index is 1.45. The minimum atomic E-state index is -1.04. The van der Waals surface area contributed by atoms with E-state index in [0.29, 0.717) is 35.0 Å². The van der Waals surface area contributed by atoms with Crippen LogP contribution in [0.25, 0.3) is 37.8 Å². The number of rotatable bonds is 7. The highest BCUT2D eigenvalue weighted by Crippen LogP contribution is 2.37. The van der Waals surface area contributed by atoms with Gasteiger partial charge in [0.05, 0.1) is 5.52 Å². The molecule has 2 saturated heterocycles. The molecule has 2 aromatic heterocycles. The normalized spacial score (nSPS) is 19.0. The van der Waals surface area contributed by atoms with Crippen LogP contribution in [0, 0.1) is 13.5 Å². The fourth-order valence-electron chi connectivity index (χ4n) is 6.29. The van der Waals surface area contributed by atoms with Crippen LogP contribution in [0.4, 0.5) is 10.2 Å². The summed E-state index contributed by atoms with van der Waals surface area (Å²) in [7, 11) is 2.09. The van der Waals surface area contributed by atoms with Crippen LogP contribution in [0.5, 0.6) is 6.01 Å². The second-order valence-corrected chi connectivity index (χ2v) is 11.8. The molecule has 0 unspecified atom stereocenters. The van der Waals surface area contributed by atoms with Crippen molar-refractivity contribution in [3.8, 4) is 17.1 Å². The van der Waals surface area contributed by atoms with Crippen molar-refractivity contribution in [3.05, 3.63) is 77.0 Å². The number of ether oxygens (including phenoxy) is 1. The number of likely N-dealkylation sites (tertiary alicyclic amines) is 1. The SMILES string of the molecule is [C-]#[N+]C[C@H]1CN(c2nc(OC[C@@H]3CCCN3C)nc3cc(-c4cccc5cccc(Cl)c45)c(C)nc23)CCN1C(=O)C(=C)F. The van der Waals surface area contributed by atoms with Gasteiger partial charge in [-0.3, -0.25) is 4.79 Å². The summed E-state index contributed by atoms with van der Waals surface area (Å²) < 4.78 is 20.0. The van der Waals surface area contributed by atoms with Gasteiger partial charge in [0.1, 0.15) is 18.2 Å². The molecule has 4 aromatic rings. The lowest BCUT2D eigenvalue weighted by Crippen LogP contribution is -2.56. The van der Waals surface area contributed by atoms with E-state index in [1.807, 2.05) is 54.3 Å². The predicted molar refractivity (Wildman–Crippen MR) is 171 cm³/mol. The Kier molecular flexibility index (Phi) is 8.34. The Morgan fingerprint density at radius 2 is 1.93 bits per heavy atom. The van der Waals surface area contributed by atoms with Gasteiger partial charge in [-0.25, -0.2) is 15.9 Å². The van der Waals surface area contributed by atoms with E-state index in [4.69, 9.17) is 37.9 Å². The molecule has 226 valence electrons. The highest BCUT2D eigenvalue weighted by molar-refractivity contribution is 6.36. The molecular formula is C33H33ClFN7O2. The average molecular weight is 614 g/mol. The van der Waals surface area contributed by atoms with Gasteiger partial charge in [0.15, 0.2) is 11.6 Å². The maximum atomic E-state index is 13.8. The molecule has 2 aliphatic rings.